The second-order valence-electron chi connectivity index (χ2n) is 6.41. The van der Waals surface area contributed by atoms with Crippen molar-refractivity contribution in [2.75, 3.05) is 40.3 Å². The number of rotatable bonds is 7. The molecule has 1 saturated heterocycles. The standard InChI is InChI=1S/C18H28N4O2/c1-21(2)17(23)10-11-19-18(24)20-16(14-22-12-6-7-13-22)15-8-4-3-5-9-15/h3-5,8-9,16H,6-7,10-14H2,1-2H3,(H2,19,20,24). The molecule has 1 atom stereocenters. The van der Waals surface area contributed by atoms with Crippen LogP contribution in [0.3, 0.4) is 0 Å². The van der Waals surface area contributed by atoms with Crippen molar-refractivity contribution in [2.24, 2.45) is 0 Å². The van der Waals surface area contributed by atoms with E-state index >= 15 is 0 Å². The predicted molar refractivity (Wildman–Crippen MR) is 94.7 cm³/mol. The maximum atomic E-state index is 12.2. The summed E-state index contributed by atoms with van der Waals surface area (Å²) in [5, 5.41) is 5.82. The lowest BCUT2D eigenvalue weighted by Crippen LogP contribution is -2.43. The average molecular weight is 332 g/mol. The Morgan fingerprint density at radius 1 is 1.17 bits per heavy atom. The van der Waals surface area contributed by atoms with E-state index in [0.717, 1.165) is 25.2 Å². The first-order valence-corrected chi connectivity index (χ1v) is 8.58. The number of urea groups is 1. The third-order valence-electron chi connectivity index (χ3n) is 4.27. The molecule has 0 aliphatic carbocycles. The number of benzene rings is 1. The first kappa shape index (κ1) is 18.3. The molecule has 6 heteroatoms. The summed E-state index contributed by atoms with van der Waals surface area (Å²) in [6, 6.07) is 9.75. The Morgan fingerprint density at radius 3 is 2.46 bits per heavy atom. The summed E-state index contributed by atoms with van der Waals surface area (Å²) in [6.07, 6.45) is 2.75. The van der Waals surface area contributed by atoms with Crippen LogP contribution in [0.4, 0.5) is 4.79 Å². The van der Waals surface area contributed by atoms with E-state index in [4.69, 9.17) is 0 Å². The van der Waals surface area contributed by atoms with Gasteiger partial charge in [0.25, 0.3) is 0 Å². The van der Waals surface area contributed by atoms with Crippen molar-refractivity contribution in [3.8, 4) is 0 Å². The molecular weight excluding hydrogens is 304 g/mol. The molecule has 1 aromatic carbocycles. The first-order chi connectivity index (χ1) is 11.6. The zero-order valence-electron chi connectivity index (χ0n) is 14.6. The lowest BCUT2D eigenvalue weighted by molar-refractivity contribution is -0.128. The molecule has 1 unspecified atom stereocenters. The zero-order chi connectivity index (χ0) is 17.4. The van der Waals surface area contributed by atoms with E-state index in [1.165, 1.54) is 17.7 Å². The highest BCUT2D eigenvalue weighted by Crippen LogP contribution is 2.17. The number of hydrogen-bond donors (Lipinski definition) is 2. The molecule has 0 radical (unpaired) electrons. The molecule has 0 saturated carbocycles. The molecule has 132 valence electrons. The maximum Gasteiger partial charge on any atom is 0.315 e. The summed E-state index contributed by atoms with van der Waals surface area (Å²) in [5.74, 6) is 0.00646. The fourth-order valence-corrected chi connectivity index (χ4v) is 2.86. The van der Waals surface area contributed by atoms with E-state index in [2.05, 4.69) is 15.5 Å². The van der Waals surface area contributed by atoms with E-state index in [-0.39, 0.29) is 18.0 Å². The highest BCUT2D eigenvalue weighted by atomic mass is 16.2. The van der Waals surface area contributed by atoms with Gasteiger partial charge in [0.15, 0.2) is 0 Å². The van der Waals surface area contributed by atoms with Gasteiger partial charge in [-0.3, -0.25) is 4.79 Å². The zero-order valence-corrected chi connectivity index (χ0v) is 14.6. The van der Waals surface area contributed by atoms with Gasteiger partial charge in [-0.15, -0.1) is 0 Å². The second kappa shape index (κ2) is 9.27. The molecule has 1 aliphatic rings. The topological polar surface area (TPSA) is 64.7 Å². The van der Waals surface area contributed by atoms with Gasteiger partial charge in [-0.25, -0.2) is 4.79 Å². The van der Waals surface area contributed by atoms with Gasteiger partial charge in [0.1, 0.15) is 0 Å². The molecule has 24 heavy (non-hydrogen) atoms. The van der Waals surface area contributed by atoms with Crippen LogP contribution in [0.5, 0.6) is 0 Å². The van der Waals surface area contributed by atoms with Gasteiger partial charge < -0.3 is 20.4 Å². The smallest absolute Gasteiger partial charge is 0.315 e. The van der Waals surface area contributed by atoms with Crippen molar-refractivity contribution in [1.29, 1.82) is 0 Å². The van der Waals surface area contributed by atoms with Crippen molar-refractivity contribution in [2.45, 2.75) is 25.3 Å². The molecule has 2 rings (SSSR count). The number of carbonyl (C=O) groups excluding carboxylic acids is 2. The Labute approximate surface area is 144 Å². The van der Waals surface area contributed by atoms with Gasteiger partial charge in [-0.2, -0.15) is 0 Å². The van der Waals surface area contributed by atoms with Gasteiger partial charge in [0.05, 0.1) is 6.04 Å². The Hall–Kier alpha value is -2.08. The fraction of sp³-hybridized carbons (Fsp3) is 0.556. The second-order valence-corrected chi connectivity index (χ2v) is 6.41. The van der Waals surface area contributed by atoms with Crippen LogP contribution in [-0.2, 0) is 4.79 Å². The molecule has 0 aromatic heterocycles. The minimum atomic E-state index is -0.227. The highest BCUT2D eigenvalue weighted by Gasteiger charge is 2.20. The molecule has 1 aromatic rings. The minimum absolute atomic E-state index is 0.00646. The monoisotopic (exact) mass is 332 g/mol. The third kappa shape index (κ3) is 5.85. The first-order valence-electron chi connectivity index (χ1n) is 8.58. The third-order valence-corrected chi connectivity index (χ3v) is 4.27. The van der Waals surface area contributed by atoms with Crippen LogP contribution < -0.4 is 10.6 Å². The molecule has 0 spiro atoms. The number of nitrogens with one attached hydrogen (secondary N) is 2. The normalized spacial score (nSPS) is 15.8. The molecule has 6 nitrogen and oxygen atoms in total. The number of amides is 3. The Balaban J connectivity index is 1.87. The van der Waals surface area contributed by atoms with E-state index in [1.54, 1.807) is 14.1 Å². The highest BCUT2D eigenvalue weighted by molar-refractivity contribution is 5.78. The SMILES string of the molecule is CN(C)C(=O)CCNC(=O)NC(CN1CCCC1)c1ccccc1. The Morgan fingerprint density at radius 2 is 1.83 bits per heavy atom. The molecule has 1 heterocycles. The lowest BCUT2D eigenvalue weighted by Gasteiger charge is -2.25. The molecule has 1 fully saturated rings. The quantitative estimate of drug-likeness (QED) is 0.797. The molecule has 2 N–H and O–H groups in total. The van der Waals surface area contributed by atoms with E-state index < -0.39 is 0 Å². The van der Waals surface area contributed by atoms with Crippen LogP contribution in [-0.4, -0.2) is 62.0 Å². The summed E-state index contributed by atoms with van der Waals surface area (Å²) >= 11 is 0. The molecular formula is C18H28N4O2. The number of nitrogens with zero attached hydrogens (tertiary/aromatic N) is 2. The van der Waals surface area contributed by atoms with Gasteiger partial charge in [-0.1, -0.05) is 30.3 Å². The summed E-state index contributed by atoms with van der Waals surface area (Å²) in [7, 11) is 3.42. The van der Waals surface area contributed by atoms with Gasteiger partial charge >= 0.3 is 6.03 Å². The van der Waals surface area contributed by atoms with Crippen LogP contribution in [0.15, 0.2) is 30.3 Å². The van der Waals surface area contributed by atoms with Gasteiger partial charge in [0, 0.05) is 33.6 Å². The van der Waals surface area contributed by atoms with E-state index in [0.29, 0.717) is 13.0 Å². The van der Waals surface area contributed by atoms with Gasteiger partial charge in [0.2, 0.25) is 5.91 Å². The maximum absolute atomic E-state index is 12.2. The molecule has 1 aliphatic heterocycles. The van der Waals surface area contributed by atoms with Crippen molar-refractivity contribution in [3.05, 3.63) is 35.9 Å². The van der Waals surface area contributed by atoms with Crippen LogP contribution in [0.1, 0.15) is 30.9 Å². The molecule has 3 amide bonds. The summed E-state index contributed by atoms with van der Waals surface area (Å²) < 4.78 is 0. The number of likely N-dealkylation sites (tertiary alicyclic amines) is 1. The van der Waals surface area contributed by atoms with Gasteiger partial charge in [-0.05, 0) is 31.5 Å². The van der Waals surface area contributed by atoms with Crippen LogP contribution >= 0.6 is 0 Å². The molecule has 0 bridgehead atoms. The number of hydrogen-bond acceptors (Lipinski definition) is 3. The summed E-state index contributed by atoms with van der Waals surface area (Å²) in [6.45, 7) is 3.33. The minimum Gasteiger partial charge on any atom is -0.349 e. The van der Waals surface area contributed by atoms with E-state index in [1.807, 2.05) is 30.3 Å². The average Bonchev–Trinajstić information content (AvgIpc) is 3.08. The summed E-state index contributed by atoms with van der Waals surface area (Å²) in [5.41, 5.74) is 1.10. The Bertz CT molecular complexity index is 527. The van der Waals surface area contributed by atoms with Crippen LogP contribution in [0.25, 0.3) is 0 Å². The Kier molecular flexibility index (Phi) is 7.06. The van der Waals surface area contributed by atoms with Crippen molar-refractivity contribution in [3.63, 3.8) is 0 Å². The van der Waals surface area contributed by atoms with Crippen molar-refractivity contribution >= 4 is 11.9 Å². The van der Waals surface area contributed by atoms with Crippen LogP contribution in [0.2, 0.25) is 0 Å². The fourth-order valence-electron chi connectivity index (χ4n) is 2.86. The van der Waals surface area contributed by atoms with E-state index in [9.17, 15) is 9.59 Å². The summed E-state index contributed by atoms with van der Waals surface area (Å²) in [4.78, 5) is 27.6. The largest absolute Gasteiger partial charge is 0.349 e. The van der Waals surface area contributed by atoms with Crippen LogP contribution in [0, 0.1) is 0 Å². The number of carbonyl (C=O) groups is 2. The van der Waals surface area contributed by atoms with Crippen molar-refractivity contribution in [1.82, 2.24) is 20.4 Å². The predicted octanol–water partition coefficient (Wildman–Crippen LogP) is 1.60. The lowest BCUT2D eigenvalue weighted by atomic mass is 10.1. The van der Waals surface area contributed by atoms with Crippen molar-refractivity contribution < 1.29 is 9.59 Å².